The average Bonchev–Trinajstić information content (AvgIpc) is 2.26. The molecular formula is C14H21N. The molecule has 1 nitrogen and oxygen atoms in total. The molecule has 0 bridgehead atoms. The summed E-state index contributed by atoms with van der Waals surface area (Å²) in [6, 6.07) is 2.00. The van der Waals surface area contributed by atoms with Gasteiger partial charge in [0.2, 0.25) is 0 Å². The number of allylic oxidation sites excluding steroid dienone is 6. The van der Waals surface area contributed by atoms with Crippen molar-refractivity contribution in [1.82, 2.24) is 0 Å². The molecule has 0 N–H and O–H groups in total. The standard InChI is InChI=1S/C14H21N/c1-2-3-4-5-6-7-8-9-10-11-12-13-14-15/h2-5,12-13H,6-11H2,1H3/b3-2+,5-4+,13-12+. The summed E-state index contributed by atoms with van der Waals surface area (Å²) >= 11 is 0. The molecule has 0 aliphatic carbocycles. The lowest BCUT2D eigenvalue weighted by Crippen LogP contribution is -1.76. The molecule has 0 aromatic rings. The van der Waals surface area contributed by atoms with E-state index in [9.17, 15) is 0 Å². The maximum Gasteiger partial charge on any atom is 0.0908 e. The van der Waals surface area contributed by atoms with Gasteiger partial charge in [0, 0.05) is 6.08 Å². The highest BCUT2D eigenvalue weighted by Crippen LogP contribution is 2.06. The first-order valence-corrected chi connectivity index (χ1v) is 5.74. The third-order valence-electron chi connectivity index (χ3n) is 2.12. The number of rotatable bonds is 8. The zero-order valence-corrected chi connectivity index (χ0v) is 9.65. The van der Waals surface area contributed by atoms with E-state index in [0.717, 1.165) is 6.42 Å². The van der Waals surface area contributed by atoms with Gasteiger partial charge in [-0.15, -0.1) is 0 Å². The first-order valence-electron chi connectivity index (χ1n) is 5.74. The molecule has 0 aromatic heterocycles. The van der Waals surface area contributed by atoms with E-state index in [2.05, 4.69) is 18.2 Å². The van der Waals surface area contributed by atoms with Gasteiger partial charge in [0.15, 0.2) is 0 Å². The minimum absolute atomic E-state index is 1.04. The van der Waals surface area contributed by atoms with E-state index in [1.165, 1.54) is 32.1 Å². The van der Waals surface area contributed by atoms with Crippen LogP contribution >= 0.6 is 0 Å². The molecule has 1 heteroatoms. The first-order chi connectivity index (χ1) is 7.41. The Kier molecular flexibility index (Phi) is 11.6. The summed E-state index contributed by atoms with van der Waals surface area (Å²) < 4.78 is 0. The molecule has 0 aliphatic heterocycles. The summed E-state index contributed by atoms with van der Waals surface area (Å²) in [5.41, 5.74) is 0. The average molecular weight is 203 g/mol. The molecule has 0 aromatic carbocycles. The molecule has 0 amide bonds. The second-order valence-corrected chi connectivity index (χ2v) is 3.48. The van der Waals surface area contributed by atoms with Crippen LogP contribution in [-0.2, 0) is 0 Å². The highest BCUT2D eigenvalue weighted by Gasteiger charge is 1.86. The lowest BCUT2D eigenvalue weighted by atomic mass is 10.1. The van der Waals surface area contributed by atoms with Crippen molar-refractivity contribution in [2.75, 3.05) is 0 Å². The van der Waals surface area contributed by atoms with Gasteiger partial charge in [0.1, 0.15) is 0 Å². The Balaban J connectivity index is 3.12. The van der Waals surface area contributed by atoms with Crippen LogP contribution < -0.4 is 0 Å². The topological polar surface area (TPSA) is 23.8 Å². The highest BCUT2D eigenvalue weighted by molar-refractivity contribution is 5.01. The van der Waals surface area contributed by atoms with E-state index < -0.39 is 0 Å². The van der Waals surface area contributed by atoms with Crippen LogP contribution in [0, 0.1) is 11.3 Å². The molecule has 0 spiro atoms. The lowest BCUT2D eigenvalue weighted by molar-refractivity contribution is 0.652. The van der Waals surface area contributed by atoms with Gasteiger partial charge in [-0.1, -0.05) is 43.2 Å². The number of hydrogen-bond acceptors (Lipinski definition) is 1. The van der Waals surface area contributed by atoms with Gasteiger partial charge in [-0.2, -0.15) is 5.26 Å². The molecule has 0 saturated heterocycles. The van der Waals surface area contributed by atoms with Gasteiger partial charge in [-0.3, -0.25) is 0 Å². The van der Waals surface area contributed by atoms with Crippen molar-refractivity contribution in [2.45, 2.75) is 45.4 Å². The maximum absolute atomic E-state index is 8.26. The van der Waals surface area contributed by atoms with Crippen LogP contribution in [0.3, 0.4) is 0 Å². The van der Waals surface area contributed by atoms with E-state index in [1.807, 2.05) is 25.1 Å². The summed E-state index contributed by atoms with van der Waals surface area (Å²) in [6.07, 6.45) is 19.2. The molecule has 0 radical (unpaired) electrons. The van der Waals surface area contributed by atoms with Crippen LogP contribution in [-0.4, -0.2) is 0 Å². The molecule has 0 rings (SSSR count). The van der Waals surface area contributed by atoms with Gasteiger partial charge in [-0.25, -0.2) is 0 Å². The van der Waals surface area contributed by atoms with Crippen LogP contribution in [0.5, 0.6) is 0 Å². The zero-order valence-electron chi connectivity index (χ0n) is 9.65. The molecule has 0 unspecified atom stereocenters. The van der Waals surface area contributed by atoms with Crippen LogP contribution in [0.1, 0.15) is 45.4 Å². The van der Waals surface area contributed by atoms with Crippen molar-refractivity contribution >= 4 is 0 Å². The van der Waals surface area contributed by atoms with Crippen molar-refractivity contribution < 1.29 is 0 Å². The third kappa shape index (κ3) is 12.7. The first kappa shape index (κ1) is 13.7. The summed E-state index contributed by atoms with van der Waals surface area (Å²) in [6.45, 7) is 2.03. The second-order valence-electron chi connectivity index (χ2n) is 3.48. The Labute approximate surface area is 93.8 Å². The molecular weight excluding hydrogens is 182 g/mol. The predicted octanol–water partition coefficient (Wildman–Crippen LogP) is 4.54. The fraction of sp³-hybridized carbons (Fsp3) is 0.500. The Morgan fingerprint density at radius 1 is 0.933 bits per heavy atom. The number of unbranched alkanes of at least 4 members (excludes halogenated alkanes) is 5. The van der Waals surface area contributed by atoms with Crippen LogP contribution in [0.25, 0.3) is 0 Å². The van der Waals surface area contributed by atoms with Gasteiger partial charge in [-0.05, 0) is 32.6 Å². The number of nitrogens with zero attached hydrogens (tertiary/aromatic N) is 1. The largest absolute Gasteiger partial charge is 0.193 e. The van der Waals surface area contributed by atoms with Crippen molar-refractivity contribution in [3.63, 3.8) is 0 Å². The normalized spacial score (nSPS) is 11.7. The molecule has 0 aliphatic rings. The van der Waals surface area contributed by atoms with E-state index in [1.54, 1.807) is 6.08 Å². The van der Waals surface area contributed by atoms with Crippen molar-refractivity contribution in [3.05, 3.63) is 36.5 Å². The van der Waals surface area contributed by atoms with Crippen LogP contribution in [0.4, 0.5) is 0 Å². The highest BCUT2D eigenvalue weighted by atomic mass is 14.2. The fourth-order valence-electron chi connectivity index (χ4n) is 1.30. The molecule has 82 valence electrons. The van der Waals surface area contributed by atoms with Gasteiger partial charge >= 0.3 is 0 Å². The second kappa shape index (κ2) is 12.7. The summed E-state index contributed by atoms with van der Waals surface area (Å²) in [5, 5.41) is 8.26. The SMILES string of the molecule is C/C=C/C=C/CCCCCC/C=C/C#N. The van der Waals surface area contributed by atoms with Crippen molar-refractivity contribution in [3.8, 4) is 6.07 Å². The van der Waals surface area contributed by atoms with Crippen LogP contribution in [0.2, 0.25) is 0 Å². The predicted molar refractivity (Wildman–Crippen MR) is 66.4 cm³/mol. The Morgan fingerprint density at radius 2 is 1.60 bits per heavy atom. The van der Waals surface area contributed by atoms with Crippen molar-refractivity contribution in [2.24, 2.45) is 0 Å². The van der Waals surface area contributed by atoms with Gasteiger partial charge < -0.3 is 0 Å². The Morgan fingerprint density at radius 3 is 2.20 bits per heavy atom. The molecule has 0 heterocycles. The van der Waals surface area contributed by atoms with Crippen molar-refractivity contribution in [1.29, 1.82) is 5.26 Å². The number of nitriles is 1. The minimum Gasteiger partial charge on any atom is -0.193 e. The van der Waals surface area contributed by atoms with E-state index >= 15 is 0 Å². The maximum atomic E-state index is 8.26. The molecule has 15 heavy (non-hydrogen) atoms. The zero-order chi connectivity index (χ0) is 11.2. The fourth-order valence-corrected chi connectivity index (χ4v) is 1.30. The molecule has 0 saturated carbocycles. The lowest BCUT2D eigenvalue weighted by Gasteiger charge is -1.95. The minimum atomic E-state index is 1.04. The molecule has 0 atom stereocenters. The summed E-state index contributed by atoms with van der Waals surface area (Å²) in [4.78, 5) is 0. The summed E-state index contributed by atoms with van der Waals surface area (Å²) in [7, 11) is 0. The smallest absolute Gasteiger partial charge is 0.0908 e. The van der Waals surface area contributed by atoms with Gasteiger partial charge in [0.05, 0.1) is 6.07 Å². The quantitative estimate of drug-likeness (QED) is 0.323. The van der Waals surface area contributed by atoms with E-state index in [-0.39, 0.29) is 0 Å². The van der Waals surface area contributed by atoms with E-state index in [4.69, 9.17) is 5.26 Å². The Bertz CT molecular complexity index is 241. The van der Waals surface area contributed by atoms with Gasteiger partial charge in [0.25, 0.3) is 0 Å². The van der Waals surface area contributed by atoms with E-state index in [0.29, 0.717) is 0 Å². The van der Waals surface area contributed by atoms with Crippen LogP contribution in [0.15, 0.2) is 36.5 Å². The third-order valence-corrected chi connectivity index (χ3v) is 2.12. The summed E-state index contributed by atoms with van der Waals surface area (Å²) in [5.74, 6) is 0. The Hall–Kier alpha value is -1.29. The number of hydrogen-bond donors (Lipinski definition) is 0. The monoisotopic (exact) mass is 203 g/mol. The molecule has 0 fully saturated rings.